The standard InChI is InChI=1S/C23H29N5O2S/c1-26-13-15-27(16-14-26)22-8-5-20(17-24-22)18-3-6-21(7-4-18)31-28-11-9-19(10-12-28)23(29)25-30-2/h3-9,17H,10-16H2,1-2H3,(H,25,29). The molecule has 8 heteroatoms. The number of hydrogen-bond donors (Lipinski definition) is 1. The van der Waals surface area contributed by atoms with Gasteiger partial charge < -0.3 is 9.80 Å². The van der Waals surface area contributed by atoms with E-state index < -0.39 is 0 Å². The maximum Gasteiger partial charge on any atom is 0.270 e. The van der Waals surface area contributed by atoms with E-state index in [1.165, 1.54) is 17.6 Å². The minimum atomic E-state index is -0.149. The van der Waals surface area contributed by atoms with Crippen LogP contribution in [-0.4, -0.2) is 73.5 Å². The number of benzene rings is 1. The van der Waals surface area contributed by atoms with Crippen LogP contribution in [0.2, 0.25) is 0 Å². The minimum absolute atomic E-state index is 0.149. The van der Waals surface area contributed by atoms with Gasteiger partial charge in [0.1, 0.15) is 5.82 Å². The van der Waals surface area contributed by atoms with Crippen LogP contribution in [-0.2, 0) is 9.63 Å². The van der Waals surface area contributed by atoms with Crippen LogP contribution in [0.4, 0.5) is 5.82 Å². The molecule has 0 unspecified atom stereocenters. The second kappa shape index (κ2) is 10.3. The van der Waals surface area contributed by atoms with Gasteiger partial charge in [-0.1, -0.05) is 18.2 Å². The van der Waals surface area contributed by atoms with Crippen LogP contribution in [0.3, 0.4) is 0 Å². The van der Waals surface area contributed by atoms with Gasteiger partial charge in [-0.3, -0.25) is 9.63 Å². The number of hydroxylamine groups is 1. The van der Waals surface area contributed by atoms with Gasteiger partial charge in [-0.05, 0) is 55.2 Å². The van der Waals surface area contributed by atoms with Crippen LogP contribution in [0.1, 0.15) is 6.42 Å². The topological polar surface area (TPSA) is 60.9 Å². The van der Waals surface area contributed by atoms with Crippen LogP contribution in [0, 0.1) is 0 Å². The highest BCUT2D eigenvalue weighted by Crippen LogP contribution is 2.29. The highest BCUT2D eigenvalue weighted by atomic mass is 32.2. The third-order valence-electron chi connectivity index (χ3n) is 5.66. The van der Waals surface area contributed by atoms with Crippen molar-refractivity contribution >= 4 is 23.7 Å². The zero-order chi connectivity index (χ0) is 21.6. The van der Waals surface area contributed by atoms with E-state index in [9.17, 15) is 4.79 Å². The summed E-state index contributed by atoms with van der Waals surface area (Å²) in [7, 11) is 3.61. The van der Waals surface area contributed by atoms with Crippen molar-refractivity contribution in [2.75, 3.05) is 58.3 Å². The summed E-state index contributed by atoms with van der Waals surface area (Å²) < 4.78 is 2.25. The first-order valence-electron chi connectivity index (χ1n) is 10.6. The average Bonchev–Trinajstić information content (AvgIpc) is 2.81. The predicted octanol–water partition coefficient (Wildman–Crippen LogP) is 2.82. The molecule has 7 nitrogen and oxygen atoms in total. The van der Waals surface area contributed by atoms with Crippen LogP contribution in [0.15, 0.2) is 59.1 Å². The maximum atomic E-state index is 11.8. The highest BCUT2D eigenvalue weighted by molar-refractivity contribution is 7.97. The van der Waals surface area contributed by atoms with Crippen LogP contribution in [0.25, 0.3) is 11.1 Å². The fourth-order valence-electron chi connectivity index (χ4n) is 3.73. The molecule has 0 atom stereocenters. The zero-order valence-electron chi connectivity index (χ0n) is 18.1. The number of pyridine rings is 1. The number of likely N-dealkylation sites (N-methyl/N-ethyl adjacent to an activating group) is 1. The highest BCUT2D eigenvalue weighted by Gasteiger charge is 2.18. The molecule has 0 spiro atoms. The van der Waals surface area contributed by atoms with Crippen molar-refractivity contribution < 1.29 is 9.63 Å². The van der Waals surface area contributed by atoms with E-state index in [0.29, 0.717) is 6.42 Å². The van der Waals surface area contributed by atoms with Crippen LogP contribution < -0.4 is 10.4 Å². The molecule has 1 amide bonds. The molecule has 1 aromatic heterocycles. The lowest BCUT2D eigenvalue weighted by Gasteiger charge is -2.33. The summed E-state index contributed by atoms with van der Waals surface area (Å²) in [4.78, 5) is 27.1. The van der Waals surface area contributed by atoms with Crippen molar-refractivity contribution in [2.24, 2.45) is 0 Å². The smallest absolute Gasteiger partial charge is 0.270 e. The van der Waals surface area contributed by atoms with Crippen molar-refractivity contribution in [3.63, 3.8) is 0 Å². The van der Waals surface area contributed by atoms with Gasteiger partial charge in [-0.15, -0.1) is 0 Å². The molecule has 2 aromatic rings. The molecule has 2 aliphatic rings. The molecule has 4 rings (SSSR count). The fourth-order valence-corrected chi connectivity index (χ4v) is 4.62. The van der Waals surface area contributed by atoms with Crippen LogP contribution >= 0.6 is 11.9 Å². The number of carbonyl (C=O) groups is 1. The Hall–Kier alpha value is -2.39. The summed E-state index contributed by atoms with van der Waals surface area (Å²) in [6, 6.07) is 12.9. The predicted molar refractivity (Wildman–Crippen MR) is 125 cm³/mol. The molecular formula is C23H29N5O2S. The summed E-state index contributed by atoms with van der Waals surface area (Å²) >= 11 is 1.72. The molecule has 2 aliphatic heterocycles. The molecule has 0 saturated carbocycles. The monoisotopic (exact) mass is 439 g/mol. The minimum Gasteiger partial charge on any atom is -0.354 e. The zero-order valence-corrected chi connectivity index (χ0v) is 18.9. The lowest BCUT2D eigenvalue weighted by atomic mass is 10.1. The molecule has 0 radical (unpaired) electrons. The lowest BCUT2D eigenvalue weighted by molar-refractivity contribution is -0.127. The normalized spacial score (nSPS) is 18.0. The first kappa shape index (κ1) is 21.8. The van der Waals surface area contributed by atoms with Gasteiger partial charge >= 0.3 is 0 Å². The number of nitrogens with zero attached hydrogens (tertiary/aromatic N) is 4. The summed E-state index contributed by atoms with van der Waals surface area (Å²) in [5, 5.41) is 0. The number of amides is 1. The Labute approximate surface area is 188 Å². The van der Waals surface area contributed by atoms with E-state index in [4.69, 9.17) is 9.82 Å². The Kier molecular flexibility index (Phi) is 7.24. The number of anilines is 1. The molecule has 0 aliphatic carbocycles. The first-order valence-corrected chi connectivity index (χ1v) is 11.3. The molecular weight excluding hydrogens is 410 g/mol. The van der Waals surface area contributed by atoms with Crippen molar-refractivity contribution in [1.82, 2.24) is 19.7 Å². The summed E-state index contributed by atoms with van der Waals surface area (Å²) in [6.45, 7) is 5.77. The second-order valence-electron chi connectivity index (χ2n) is 7.81. The Morgan fingerprint density at radius 2 is 1.77 bits per heavy atom. The third-order valence-corrected chi connectivity index (χ3v) is 6.73. The summed E-state index contributed by atoms with van der Waals surface area (Å²) in [6.07, 6.45) is 4.65. The van der Waals surface area contributed by atoms with Crippen LogP contribution in [0.5, 0.6) is 0 Å². The molecule has 0 bridgehead atoms. The fraction of sp³-hybridized carbons (Fsp3) is 0.391. The third kappa shape index (κ3) is 5.65. The number of hydrogen-bond acceptors (Lipinski definition) is 7. The van der Waals surface area contributed by atoms with E-state index in [2.05, 4.69) is 63.0 Å². The van der Waals surface area contributed by atoms with E-state index in [1.807, 2.05) is 12.3 Å². The Bertz CT molecular complexity index is 909. The molecule has 31 heavy (non-hydrogen) atoms. The van der Waals surface area contributed by atoms with Crippen molar-refractivity contribution in [2.45, 2.75) is 11.3 Å². The van der Waals surface area contributed by atoms with Crippen molar-refractivity contribution in [1.29, 1.82) is 0 Å². The average molecular weight is 440 g/mol. The van der Waals surface area contributed by atoms with E-state index >= 15 is 0 Å². The van der Waals surface area contributed by atoms with E-state index in [1.54, 1.807) is 11.9 Å². The largest absolute Gasteiger partial charge is 0.354 e. The van der Waals surface area contributed by atoms with Crippen molar-refractivity contribution in [3.05, 3.63) is 54.2 Å². The molecule has 1 saturated heterocycles. The molecule has 1 aromatic carbocycles. The lowest BCUT2D eigenvalue weighted by Crippen LogP contribution is -2.44. The quantitative estimate of drug-likeness (QED) is 0.549. The summed E-state index contributed by atoms with van der Waals surface area (Å²) in [5.74, 6) is 0.907. The van der Waals surface area contributed by atoms with Gasteiger partial charge in [0.25, 0.3) is 5.91 Å². The Morgan fingerprint density at radius 3 is 2.39 bits per heavy atom. The first-order chi connectivity index (χ1) is 15.1. The van der Waals surface area contributed by atoms with Gasteiger partial charge in [-0.2, -0.15) is 0 Å². The van der Waals surface area contributed by atoms with E-state index in [-0.39, 0.29) is 5.91 Å². The Balaban J connectivity index is 1.33. The SMILES string of the molecule is CONC(=O)C1=CCN(Sc2ccc(-c3ccc(N4CCN(C)CC4)nc3)cc2)CC1. The second-order valence-corrected chi connectivity index (χ2v) is 8.98. The maximum absolute atomic E-state index is 11.8. The van der Waals surface area contributed by atoms with Gasteiger partial charge in [0.2, 0.25) is 0 Å². The number of piperazine rings is 1. The Morgan fingerprint density at radius 1 is 1.03 bits per heavy atom. The number of carbonyl (C=O) groups excluding carboxylic acids is 1. The molecule has 1 fully saturated rings. The molecule has 1 N–H and O–H groups in total. The number of nitrogens with one attached hydrogen (secondary N) is 1. The van der Waals surface area contributed by atoms with Crippen molar-refractivity contribution in [3.8, 4) is 11.1 Å². The molecule has 164 valence electrons. The number of rotatable bonds is 6. The van der Waals surface area contributed by atoms with Gasteiger partial charge in [-0.25, -0.2) is 14.8 Å². The summed E-state index contributed by atoms with van der Waals surface area (Å²) in [5.41, 5.74) is 5.46. The van der Waals surface area contributed by atoms with Gasteiger partial charge in [0, 0.05) is 61.5 Å². The van der Waals surface area contributed by atoms with Gasteiger partial charge in [0.05, 0.1) is 7.11 Å². The number of aromatic nitrogens is 1. The van der Waals surface area contributed by atoms with E-state index in [0.717, 1.165) is 56.2 Å². The van der Waals surface area contributed by atoms with Gasteiger partial charge in [0.15, 0.2) is 0 Å². The molecule has 3 heterocycles.